The molecule has 2 rings (SSSR count). The van der Waals surface area contributed by atoms with Gasteiger partial charge in [0.2, 0.25) is 0 Å². The molecule has 0 fully saturated rings. The summed E-state index contributed by atoms with van der Waals surface area (Å²) in [6.45, 7) is 0. The van der Waals surface area contributed by atoms with Crippen LogP contribution >= 0.6 is 0 Å². The number of pyridine rings is 1. The summed E-state index contributed by atoms with van der Waals surface area (Å²) in [6.07, 6.45) is 5.53. The molecule has 1 aromatic rings. The minimum Gasteiger partial charge on any atom is -0.384 e. The second-order valence-corrected chi connectivity index (χ2v) is 2.73. The number of aryl methyl sites for hydroxylation is 2. The number of anilines is 1. The van der Waals surface area contributed by atoms with Gasteiger partial charge in [0, 0.05) is 6.20 Å². The molecule has 1 aromatic heterocycles. The summed E-state index contributed by atoms with van der Waals surface area (Å²) in [5.74, 6) is 0.653. The average Bonchev–Trinajstić information content (AvgIpc) is 2.33. The van der Waals surface area contributed by atoms with Crippen molar-refractivity contribution < 1.29 is 0 Å². The van der Waals surface area contributed by atoms with Crippen LogP contribution in [0, 0.1) is 0 Å². The lowest BCUT2D eigenvalue weighted by molar-refractivity contribution is 0.911. The molecule has 0 aliphatic heterocycles. The van der Waals surface area contributed by atoms with E-state index in [-0.39, 0.29) is 0 Å². The monoisotopic (exact) mass is 134 g/mol. The van der Waals surface area contributed by atoms with E-state index in [2.05, 4.69) is 4.98 Å². The Labute approximate surface area is 60.1 Å². The fraction of sp³-hybridized carbons (Fsp3) is 0.375. The van der Waals surface area contributed by atoms with Gasteiger partial charge in [0.15, 0.2) is 0 Å². The fourth-order valence-electron chi connectivity index (χ4n) is 1.47. The molecule has 1 aliphatic carbocycles. The highest BCUT2D eigenvalue weighted by molar-refractivity contribution is 5.39. The van der Waals surface area contributed by atoms with Crippen molar-refractivity contribution in [2.45, 2.75) is 19.3 Å². The molecule has 0 bridgehead atoms. The van der Waals surface area contributed by atoms with Crippen molar-refractivity contribution in [3.8, 4) is 0 Å². The molecule has 2 N–H and O–H groups in total. The van der Waals surface area contributed by atoms with Crippen molar-refractivity contribution in [3.05, 3.63) is 23.4 Å². The lowest BCUT2D eigenvalue weighted by Crippen LogP contribution is -1.92. The summed E-state index contributed by atoms with van der Waals surface area (Å²) in [5.41, 5.74) is 8.30. The van der Waals surface area contributed by atoms with Gasteiger partial charge >= 0.3 is 0 Å². The average molecular weight is 134 g/mol. The van der Waals surface area contributed by atoms with Crippen LogP contribution in [0.3, 0.4) is 0 Å². The molecule has 1 heterocycles. The number of nitrogen functional groups attached to an aromatic ring is 1. The summed E-state index contributed by atoms with van der Waals surface area (Å²) < 4.78 is 0. The second kappa shape index (κ2) is 1.97. The van der Waals surface area contributed by atoms with Crippen LogP contribution in [0.1, 0.15) is 17.5 Å². The highest BCUT2D eigenvalue weighted by atomic mass is 14.8. The molecule has 0 unspecified atom stereocenters. The molecular weight excluding hydrogens is 124 g/mol. The van der Waals surface area contributed by atoms with Gasteiger partial charge in [-0.25, -0.2) is 4.98 Å². The van der Waals surface area contributed by atoms with Crippen LogP contribution < -0.4 is 5.73 Å². The van der Waals surface area contributed by atoms with Gasteiger partial charge in [-0.1, -0.05) is 0 Å². The molecule has 52 valence electrons. The van der Waals surface area contributed by atoms with E-state index < -0.39 is 0 Å². The molecular formula is C8H10N2. The summed E-state index contributed by atoms with van der Waals surface area (Å²) in [7, 11) is 0. The molecule has 0 atom stereocenters. The van der Waals surface area contributed by atoms with Gasteiger partial charge in [-0.3, -0.25) is 0 Å². The lowest BCUT2D eigenvalue weighted by atomic mass is 10.2. The molecule has 0 aromatic carbocycles. The van der Waals surface area contributed by atoms with Gasteiger partial charge in [-0.05, 0) is 36.5 Å². The third-order valence-corrected chi connectivity index (χ3v) is 2.00. The van der Waals surface area contributed by atoms with Crippen molar-refractivity contribution in [2.24, 2.45) is 0 Å². The summed E-state index contributed by atoms with van der Waals surface area (Å²) in [4.78, 5) is 4.03. The molecule has 0 spiro atoms. The third kappa shape index (κ3) is 0.764. The van der Waals surface area contributed by atoms with E-state index in [1.807, 2.05) is 12.3 Å². The number of nitrogens with two attached hydrogens (primary N) is 1. The number of rotatable bonds is 0. The first-order valence-electron chi connectivity index (χ1n) is 3.59. The minimum atomic E-state index is 0.653. The van der Waals surface area contributed by atoms with Crippen LogP contribution in [-0.2, 0) is 12.8 Å². The van der Waals surface area contributed by atoms with Crippen LogP contribution in [0.2, 0.25) is 0 Å². The van der Waals surface area contributed by atoms with Crippen LogP contribution in [-0.4, -0.2) is 4.98 Å². The first-order chi connectivity index (χ1) is 4.86. The van der Waals surface area contributed by atoms with Gasteiger partial charge in [0.05, 0.1) is 0 Å². The van der Waals surface area contributed by atoms with Crippen molar-refractivity contribution >= 4 is 5.82 Å². The zero-order chi connectivity index (χ0) is 6.97. The van der Waals surface area contributed by atoms with Crippen molar-refractivity contribution in [2.75, 3.05) is 5.73 Å². The SMILES string of the molecule is Nc1cc2c(cn1)CCC2. The Hall–Kier alpha value is -1.05. The van der Waals surface area contributed by atoms with E-state index in [0.717, 1.165) is 0 Å². The van der Waals surface area contributed by atoms with E-state index in [1.165, 1.54) is 30.4 Å². The van der Waals surface area contributed by atoms with E-state index in [1.54, 1.807) is 0 Å². The Kier molecular flexibility index (Phi) is 1.13. The van der Waals surface area contributed by atoms with Crippen LogP contribution in [0.4, 0.5) is 5.82 Å². The minimum absolute atomic E-state index is 0.653. The molecule has 0 saturated heterocycles. The molecule has 1 aliphatic rings. The van der Waals surface area contributed by atoms with E-state index in [0.29, 0.717) is 5.82 Å². The first-order valence-corrected chi connectivity index (χ1v) is 3.59. The predicted molar refractivity (Wildman–Crippen MR) is 40.7 cm³/mol. The number of nitrogens with zero attached hydrogens (tertiary/aromatic N) is 1. The molecule has 2 heteroatoms. The Bertz CT molecular complexity index is 255. The number of aromatic nitrogens is 1. The largest absolute Gasteiger partial charge is 0.384 e. The zero-order valence-corrected chi connectivity index (χ0v) is 5.80. The molecule has 10 heavy (non-hydrogen) atoms. The van der Waals surface area contributed by atoms with Crippen LogP contribution in [0.25, 0.3) is 0 Å². The van der Waals surface area contributed by atoms with Crippen LogP contribution in [0.15, 0.2) is 12.3 Å². The topological polar surface area (TPSA) is 38.9 Å². The summed E-state index contributed by atoms with van der Waals surface area (Å²) >= 11 is 0. The first kappa shape index (κ1) is 5.71. The van der Waals surface area contributed by atoms with E-state index in [4.69, 9.17) is 5.73 Å². The number of hydrogen-bond acceptors (Lipinski definition) is 2. The molecule has 2 nitrogen and oxygen atoms in total. The Morgan fingerprint density at radius 1 is 1.30 bits per heavy atom. The van der Waals surface area contributed by atoms with E-state index in [9.17, 15) is 0 Å². The van der Waals surface area contributed by atoms with Gasteiger partial charge in [-0.2, -0.15) is 0 Å². The maximum absolute atomic E-state index is 5.52. The molecule has 0 radical (unpaired) electrons. The summed E-state index contributed by atoms with van der Waals surface area (Å²) in [6, 6.07) is 1.99. The van der Waals surface area contributed by atoms with Gasteiger partial charge in [0.1, 0.15) is 5.82 Å². The van der Waals surface area contributed by atoms with Crippen molar-refractivity contribution in [1.29, 1.82) is 0 Å². The predicted octanol–water partition coefficient (Wildman–Crippen LogP) is 1.15. The van der Waals surface area contributed by atoms with Crippen molar-refractivity contribution in [3.63, 3.8) is 0 Å². The maximum atomic E-state index is 5.52. The Morgan fingerprint density at radius 3 is 3.00 bits per heavy atom. The van der Waals surface area contributed by atoms with Crippen molar-refractivity contribution in [1.82, 2.24) is 4.98 Å². The quantitative estimate of drug-likeness (QED) is 0.578. The van der Waals surface area contributed by atoms with E-state index >= 15 is 0 Å². The second-order valence-electron chi connectivity index (χ2n) is 2.73. The molecule has 0 amide bonds. The highest BCUT2D eigenvalue weighted by Gasteiger charge is 2.09. The summed E-state index contributed by atoms with van der Waals surface area (Å²) in [5, 5.41) is 0. The third-order valence-electron chi connectivity index (χ3n) is 2.00. The number of hydrogen-bond donors (Lipinski definition) is 1. The maximum Gasteiger partial charge on any atom is 0.123 e. The normalized spacial score (nSPS) is 15.2. The van der Waals surface area contributed by atoms with Gasteiger partial charge in [-0.15, -0.1) is 0 Å². The van der Waals surface area contributed by atoms with Gasteiger partial charge in [0.25, 0.3) is 0 Å². The smallest absolute Gasteiger partial charge is 0.123 e. The Morgan fingerprint density at radius 2 is 2.10 bits per heavy atom. The van der Waals surface area contributed by atoms with Crippen LogP contribution in [0.5, 0.6) is 0 Å². The highest BCUT2D eigenvalue weighted by Crippen LogP contribution is 2.21. The number of fused-ring (bicyclic) bond motifs is 1. The Balaban J connectivity index is 2.52. The zero-order valence-electron chi connectivity index (χ0n) is 5.80. The lowest BCUT2D eigenvalue weighted by Gasteiger charge is -1.97. The standard InChI is InChI=1S/C8H10N2/c9-8-4-6-2-1-3-7(6)5-10-8/h4-5H,1-3H2,(H2,9,10). The molecule has 0 saturated carbocycles. The van der Waals surface area contributed by atoms with Gasteiger partial charge < -0.3 is 5.73 Å². The fourth-order valence-corrected chi connectivity index (χ4v) is 1.47.